The lowest BCUT2D eigenvalue weighted by atomic mass is 10.1. The molecule has 7 heteroatoms. The minimum atomic E-state index is -1.02. The molecule has 1 atom stereocenters. The molecule has 0 saturated carbocycles. The summed E-state index contributed by atoms with van der Waals surface area (Å²) in [6.07, 6.45) is 2.72. The first-order valence-corrected chi connectivity index (χ1v) is 8.71. The van der Waals surface area contributed by atoms with Crippen LogP contribution in [0.4, 0.5) is 0 Å². The molecule has 0 aliphatic carbocycles. The molecule has 2 rings (SSSR count). The second-order valence-electron chi connectivity index (χ2n) is 6.49. The van der Waals surface area contributed by atoms with Crippen molar-refractivity contribution in [2.24, 2.45) is 0 Å². The van der Waals surface area contributed by atoms with Crippen LogP contribution in [-0.2, 0) is 16.0 Å². The molecule has 25 heavy (non-hydrogen) atoms. The summed E-state index contributed by atoms with van der Waals surface area (Å²) in [4.78, 5) is 38.6. The van der Waals surface area contributed by atoms with Gasteiger partial charge in [-0.3, -0.25) is 14.4 Å². The minimum absolute atomic E-state index is 0.143. The summed E-state index contributed by atoms with van der Waals surface area (Å²) in [6, 6.07) is 1.62. The lowest BCUT2D eigenvalue weighted by Crippen LogP contribution is -2.43. The van der Waals surface area contributed by atoms with Crippen LogP contribution in [0.25, 0.3) is 0 Å². The van der Waals surface area contributed by atoms with Gasteiger partial charge in [-0.25, -0.2) is 0 Å². The van der Waals surface area contributed by atoms with Gasteiger partial charge in [-0.2, -0.15) is 0 Å². The molecule has 0 unspecified atom stereocenters. The van der Waals surface area contributed by atoms with E-state index in [0.717, 1.165) is 24.2 Å². The topological polar surface area (TPSA) is 91.1 Å². The average molecular weight is 350 g/mol. The zero-order valence-corrected chi connectivity index (χ0v) is 15.1. The van der Waals surface area contributed by atoms with E-state index in [1.54, 1.807) is 11.0 Å². The molecule has 1 fully saturated rings. The van der Waals surface area contributed by atoms with Crippen LogP contribution in [0.5, 0.6) is 0 Å². The zero-order chi connectivity index (χ0) is 18.6. The van der Waals surface area contributed by atoms with Gasteiger partial charge < -0.3 is 19.3 Å². The summed E-state index contributed by atoms with van der Waals surface area (Å²) < 4.78 is 5.65. The fourth-order valence-corrected chi connectivity index (χ4v) is 3.37. The van der Waals surface area contributed by atoms with Gasteiger partial charge in [-0.15, -0.1) is 0 Å². The SMILES string of the molecule is CCc1oc(C(=O)N2CCC[C@H](N(CC(=O)O)C(C)=O)CC2)cc1C. The normalized spacial score (nSPS) is 17.9. The molecule has 1 aromatic rings. The Hall–Kier alpha value is -2.31. The highest BCUT2D eigenvalue weighted by Crippen LogP contribution is 2.21. The Morgan fingerprint density at radius 1 is 1.32 bits per heavy atom. The summed E-state index contributed by atoms with van der Waals surface area (Å²) >= 11 is 0. The van der Waals surface area contributed by atoms with E-state index in [4.69, 9.17) is 9.52 Å². The molecule has 7 nitrogen and oxygen atoms in total. The molecule has 0 radical (unpaired) electrons. The standard InChI is InChI=1S/C18H26N2O5/c1-4-15-12(2)10-16(25-15)18(24)19-8-5-6-14(7-9-19)20(13(3)21)11-17(22)23/h10,14H,4-9,11H2,1-3H3,(H,22,23)/t14-/m0/s1. The van der Waals surface area contributed by atoms with Crippen LogP contribution in [-0.4, -0.2) is 58.4 Å². The maximum atomic E-state index is 12.7. The number of carboxylic acids is 1. The summed E-state index contributed by atoms with van der Waals surface area (Å²) in [6.45, 7) is 6.05. The third-order valence-electron chi connectivity index (χ3n) is 4.69. The van der Waals surface area contributed by atoms with E-state index in [1.807, 2.05) is 13.8 Å². The fraction of sp³-hybridized carbons (Fsp3) is 0.611. The molecule has 138 valence electrons. The van der Waals surface area contributed by atoms with E-state index in [0.29, 0.717) is 31.7 Å². The van der Waals surface area contributed by atoms with Gasteiger partial charge in [0.15, 0.2) is 5.76 Å². The Morgan fingerprint density at radius 2 is 2.04 bits per heavy atom. The number of hydrogen-bond donors (Lipinski definition) is 1. The van der Waals surface area contributed by atoms with E-state index in [-0.39, 0.29) is 24.4 Å². The fourth-order valence-electron chi connectivity index (χ4n) is 3.37. The molecule has 1 saturated heterocycles. The number of furan rings is 1. The maximum absolute atomic E-state index is 12.7. The first kappa shape index (κ1) is 19.0. The molecule has 2 heterocycles. The quantitative estimate of drug-likeness (QED) is 0.878. The highest BCUT2D eigenvalue weighted by atomic mass is 16.4. The number of likely N-dealkylation sites (tertiary alicyclic amines) is 1. The molecule has 2 amide bonds. The molecule has 0 spiro atoms. The second kappa shape index (κ2) is 8.18. The van der Waals surface area contributed by atoms with Crippen molar-refractivity contribution in [2.45, 2.75) is 52.5 Å². The van der Waals surface area contributed by atoms with Gasteiger partial charge in [-0.1, -0.05) is 6.92 Å². The van der Waals surface area contributed by atoms with Gasteiger partial charge in [0, 0.05) is 32.5 Å². The van der Waals surface area contributed by atoms with Crippen LogP contribution in [0.3, 0.4) is 0 Å². The van der Waals surface area contributed by atoms with Crippen LogP contribution in [0.1, 0.15) is 55.0 Å². The predicted octanol–water partition coefficient (Wildman–Crippen LogP) is 2.08. The smallest absolute Gasteiger partial charge is 0.323 e. The molecule has 0 aromatic carbocycles. The molecule has 1 aliphatic rings. The Morgan fingerprint density at radius 3 is 2.60 bits per heavy atom. The lowest BCUT2D eigenvalue weighted by Gasteiger charge is -2.28. The maximum Gasteiger partial charge on any atom is 0.323 e. The number of nitrogens with zero attached hydrogens (tertiary/aromatic N) is 2. The minimum Gasteiger partial charge on any atom is -0.480 e. The number of hydrogen-bond acceptors (Lipinski definition) is 4. The molecule has 1 aromatic heterocycles. The van der Waals surface area contributed by atoms with Gasteiger partial charge in [0.05, 0.1) is 0 Å². The van der Waals surface area contributed by atoms with E-state index in [9.17, 15) is 14.4 Å². The van der Waals surface area contributed by atoms with Crippen molar-refractivity contribution >= 4 is 17.8 Å². The second-order valence-corrected chi connectivity index (χ2v) is 6.49. The van der Waals surface area contributed by atoms with Crippen LogP contribution in [0.15, 0.2) is 10.5 Å². The molecule has 1 aliphatic heterocycles. The average Bonchev–Trinajstić information content (AvgIpc) is 2.78. The summed E-state index contributed by atoms with van der Waals surface area (Å²) in [5, 5.41) is 9.00. The summed E-state index contributed by atoms with van der Waals surface area (Å²) in [7, 11) is 0. The monoisotopic (exact) mass is 350 g/mol. The molecular weight excluding hydrogens is 324 g/mol. The highest BCUT2D eigenvalue weighted by Gasteiger charge is 2.29. The first-order chi connectivity index (χ1) is 11.8. The zero-order valence-electron chi connectivity index (χ0n) is 15.1. The summed E-state index contributed by atoms with van der Waals surface area (Å²) in [5.74, 6) is -0.245. The largest absolute Gasteiger partial charge is 0.480 e. The van der Waals surface area contributed by atoms with Crippen molar-refractivity contribution in [3.05, 3.63) is 23.2 Å². The van der Waals surface area contributed by atoms with Crippen molar-refractivity contribution in [2.75, 3.05) is 19.6 Å². The number of carboxylic acid groups (broad SMARTS) is 1. The predicted molar refractivity (Wildman–Crippen MR) is 91.4 cm³/mol. The third kappa shape index (κ3) is 4.61. The van der Waals surface area contributed by atoms with Crippen LogP contribution in [0.2, 0.25) is 0 Å². The van der Waals surface area contributed by atoms with Gasteiger partial charge in [-0.05, 0) is 37.8 Å². The number of aryl methyl sites for hydroxylation is 2. The van der Waals surface area contributed by atoms with Gasteiger partial charge in [0.25, 0.3) is 5.91 Å². The Kier molecular flexibility index (Phi) is 6.22. The van der Waals surface area contributed by atoms with Gasteiger partial charge in [0.2, 0.25) is 5.91 Å². The lowest BCUT2D eigenvalue weighted by molar-refractivity contribution is -0.145. The highest BCUT2D eigenvalue weighted by molar-refractivity contribution is 5.91. The van der Waals surface area contributed by atoms with Crippen LogP contribution < -0.4 is 0 Å². The van der Waals surface area contributed by atoms with E-state index in [1.165, 1.54) is 11.8 Å². The molecular formula is C18H26N2O5. The van der Waals surface area contributed by atoms with Gasteiger partial charge in [0.1, 0.15) is 12.3 Å². The van der Waals surface area contributed by atoms with Crippen LogP contribution in [0, 0.1) is 6.92 Å². The van der Waals surface area contributed by atoms with Crippen molar-refractivity contribution in [1.82, 2.24) is 9.80 Å². The Labute approximate surface area is 147 Å². The van der Waals surface area contributed by atoms with E-state index >= 15 is 0 Å². The number of rotatable bonds is 5. The number of carbonyl (C=O) groups is 3. The summed E-state index contributed by atoms with van der Waals surface area (Å²) in [5.41, 5.74) is 0.975. The van der Waals surface area contributed by atoms with Crippen molar-refractivity contribution < 1.29 is 23.9 Å². The van der Waals surface area contributed by atoms with E-state index < -0.39 is 5.97 Å². The van der Waals surface area contributed by atoms with E-state index in [2.05, 4.69) is 0 Å². The Balaban J connectivity index is 2.05. The third-order valence-corrected chi connectivity index (χ3v) is 4.69. The van der Waals surface area contributed by atoms with Crippen molar-refractivity contribution in [3.63, 3.8) is 0 Å². The van der Waals surface area contributed by atoms with Gasteiger partial charge >= 0.3 is 5.97 Å². The number of carbonyl (C=O) groups excluding carboxylic acids is 2. The van der Waals surface area contributed by atoms with Crippen molar-refractivity contribution in [1.29, 1.82) is 0 Å². The first-order valence-electron chi connectivity index (χ1n) is 8.71. The molecule has 1 N–H and O–H groups in total. The number of amides is 2. The Bertz CT molecular complexity index is 652. The van der Waals surface area contributed by atoms with Crippen LogP contribution >= 0.6 is 0 Å². The number of aliphatic carboxylic acids is 1. The van der Waals surface area contributed by atoms with Crippen molar-refractivity contribution in [3.8, 4) is 0 Å². The molecule has 0 bridgehead atoms.